The van der Waals surface area contributed by atoms with E-state index < -0.39 is 24.3 Å². The Hall–Kier alpha value is -4.31. The first-order chi connectivity index (χ1) is 38.6. The third-order valence-corrected chi connectivity index (χ3v) is 13.2. The molecule has 0 radical (unpaired) electrons. The summed E-state index contributed by atoms with van der Waals surface area (Å²) in [7, 11) is 5.94. The Morgan fingerprint density at radius 3 is 1.06 bits per heavy atom. The average molecular weight is 1100 g/mol. The molecular formula is C70H118NO8+. The van der Waals surface area contributed by atoms with Crippen molar-refractivity contribution in [3.63, 3.8) is 0 Å². The van der Waals surface area contributed by atoms with Crippen molar-refractivity contribution in [3.8, 4) is 0 Å². The molecule has 0 aliphatic rings. The van der Waals surface area contributed by atoms with Crippen LogP contribution in [0.5, 0.6) is 0 Å². The number of carboxylic acid groups (broad SMARTS) is 1. The maximum Gasteiger partial charge on any atom is 0.361 e. The number of quaternary nitrogens is 1. The van der Waals surface area contributed by atoms with Gasteiger partial charge in [-0.05, 0) is 89.9 Å². The minimum absolute atomic E-state index is 0.131. The molecule has 0 fully saturated rings. The third-order valence-electron chi connectivity index (χ3n) is 13.2. The van der Waals surface area contributed by atoms with Gasteiger partial charge >= 0.3 is 17.9 Å². The zero-order valence-corrected chi connectivity index (χ0v) is 51.2. The fourth-order valence-corrected chi connectivity index (χ4v) is 8.44. The van der Waals surface area contributed by atoms with Crippen molar-refractivity contribution in [2.45, 2.75) is 257 Å². The number of nitrogens with zero attached hydrogens (tertiary/aromatic N) is 1. The van der Waals surface area contributed by atoms with Crippen molar-refractivity contribution < 1.29 is 42.9 Å². The Morgan fingerprint density at radius 2 is 0.709 bits per heavy atom. The second-order valence-corrected chi connectivity index (χ2v) is 22.0. The summed E-state index contributed by atoms with van der Waals surface area (Å²) >= 11 is 0. The number of ether oxygens (including phenoxy) is 4. The van der Waals surface area contributed by atoms with Gasteiger partial charge in [-0.1, -0.05) is 264 Å². The summed E-state index contributed by atoms with van der Waals surface area (Å²) in [6.45, 7) is 4.57. The highest BCUT2D eigenvalue weighted by molar-refractivity contribution is 5.71. The second-order valence-electron chi connectivity index (χ2n) is 22.0. The van der Waals surface area contributed by atoms with Crippen LogP contribution in [0.1, 0.15) is 245 Å². The van der Waals surface area contributed by atoms with Gasteiger partial charge in [-0.3, -0.25) is 9.59 Å². The Kier molecular flexibility index (Phi) is 56.5. The molecule has 0 saturated heterocycles. The van der Waals surface area contributed by atoms with Crippen molar-refractivity contribution in [2.24, 2.45) is 0 Å². The lowest BCUT2D eigenvalue weighted by Crippen LogP contribution is -2.40. The zero-order chi connectivity index (χ0) is 57.6. The summed E-state index contributed by atoms with van der Waals surface area (Å²) in [6.07, 6.45) is 81.9. The molecule has 2 unspecified atom stereocenters. The molecule has 450 valence electrons. The molecule has 0 aliphatic carbocycles. The standard InChI is InChI=1S/C70H117NO8/c1-6-8-10-12-14-16-18-20-22-24-26-27-28-29-30-31-32-33-34-35-36-37-38-39-40-41-43-44-46-48-50-52-54-56-58-60-67(72)77-64-66(65-78-70(69(74)75)76-63-62-71(3,4)5)79-68(73)61-59-57-55-53-51-49-47-45-42-25-23-21-19-17-15-13-11-9-7-2/h8-11,14-17,20-23,26-27,42,45,49,51,55,57,66,70H,6-7,12-13,18-19,24-25,28-41,43-44,46-48,50,52-54,56,58-65H2,1-5H3/p+1/b10-8-,11-9-,16-14-,17-15-,22-20-,23-21-,27-26-,45-42-,51-49-,57-55-. The van der Waals surface area contributed by atoms with Gasteiger partial charge in [-0.25, -0.2) is 4.79 Å². The highest BCUT2D eigenvalue weighted by Gasteiger charge is 2.25. The Labute approximate surface area is 485 Å². The summed E-state index contributed by atoms with van der Waals surface area (Å²) in [5, 5.41) is 9.71. The number of unbranched alkanes of at least 4 members (excludes halogenated alkanes) is 22. The Bertz CT molecular complexity index is 1710. The molecule has 0 rings (SSSR count). The molecular weight excluding hydrogens is 983 g/mol. The molecule has 9 heteroatoms. The quantitative estimate of drug-likeness (QED) is 0.0211. The van der Waals surface area contributed by atoms with Gasteiger partial charge in [0.05, 0.1) is 34.4 Å². The number of carbonyl (C=O) groups is 3. The van der Waals surface area contributed by atoms with Crippen molar-refractivity contribution >= 4 is 17.9 Å². The number of likely N-dealkylation sites (N-methyl/N-ethyl adjacent to an activating group) is 1. The van der Waals surface area contributed by atoms with Crippen LogP contribution in [0, 0.1) is 0 Å². The molecule has 0 aromatic rings. The van der Waals surface area contributed by atoms with E-state index in [4.69, 9.17) is 18.9 Å². The zero-order valence-electron chi connectivity index (χ0n) is 51.2. The molecule has 9 nitrogen and oxygen atoms in total. The first kappa shape index (κ1) is 74.7. The molecule has 0 amide bonds. The van der Waals surface area contributed by atoms with Gasteiger partial charge in [-0.2, -0.15) is 0 Å². The predicted octanol–water partition coefficient (Wildman–Crippen LogP) is 19.2. The molecule has 0 aromatic heterocycles. The molecule has 0 heterocycles. The van der Waals surface area contributed by atoms with Crippen molar-refractivity contribution in [3.05, 3.63) is 122 Å². The van der Waals surface area contributed by atoms with Crippen LogP contribution in [0.2, 0.25) is 0 Å². The van der Waals surface area contributed by atoms with E-state index in [-0.39, 0.29) is 38.6 Å². The minimum atomic E-state index is -1.54. The van der Waals surface area contributed by atoms with Gasteiger partial charge < -0.3 is 28.5 Å². The monoisotopic (exact) mass is 1100 g/mol. The minimum Gasteiger partial charge on any atom is -0.477 e. The van der Waals surface area contributed by atoms with E-state index in [1.807, 2.05) is 33.3 Å². The van der Waals surface area contributed by atoms with E-state index in [2.05, 4.69) is 123 Å². The van der Waals surface area contributed by atoms with E-state index >= 15 is 0 Å². The van der Waals surface area contributed by atoms with Crippen molar-refractivity contribution in [2.75, 3.05) is 47.5 Å². The van der Waals surface area contributed by atoms with E-state index in [0.717, 1.165) is 83.5 Å². The lowest BCUT2D eigenvalue weighted by Gasteiger charge is -2.25. The fraction of sp³-hybridized carbons (Fsp3) is 0.671. The van der Waals surface area contributed by atoms with Crippen LogP contribution in [0.4, 0.5) is 0 Å². The van der Waals surface area contributed by atoms with E-state index in [1.165, 1.54) is 128 Å². The number of hydrogen-bond acceptors (Lipinski definition) is 7. The van der Waals surface area contributed by atoms with E-state index in [0.29, 0.717) is 17.4 Å². The number of rotatable bonds is 57. The number of carboxylic acids is 1. The summed E-state index contributed by atoms with van der Waals surface area (Å²) in [5.41, 5.74) is 0. The van der Waals surface area contributed by atoms with Gasteiger partial charge in [0.2, 0.25) is 0 Å². The summed E-state index contributed by atoms with van der Waals surface area (Å²) < 4.78 is 22.8. The topological polar surface area (TPSA) is 108 Å². The highest BCUT2D eigenvalue weighted by atomic mass is 16.7. The molecule has 0 aliphatic heterocycles. The molecule has 0 saturated carbocycles. The number of hydrogen-bond donors (Lipinski definition) is 1. The Morgan fingerprint density at radius 1 is 0.380 bits per heavy atom. The van der Waals surface area contributed by atoms with E-state index in [9.17, 15) is 19.5 Å². The number of allylic oxidation sites excluding steroid dienone is 20. The predicted molar refractivity (Wildman–Crippen MR) is 336 cm³/mol. The molecule has 1 N–H and O–H groups in total. The Balaban J connectivity index is 4.14. The fourth-order valence-electron chi connectivity index (χ4n) is 8.44. The van der Waals surface area contributed by atoms with Crippen LogP contribution in [0.25, 0.3) is 0 Å². The third kappa shape index (κ3) is 61.2. The molecule has 2 atom stereocenters. The van der Waals surface area contributed by atoms with E-state index in [1.54, 1.807) is 0 Å². The van der Waals surface area contributed by atoms with Crippen LogP contribution in [-0.2, 0) is 33.3 Å². The van der Waals surface area contributed by atoms with Crippen LogP contribution >= 0.6 is 0 Å². The largest absolute Gasteiger partial charge is 0.477 e. The van der Waals surface area contributed by atoms with Crippen LogP contribution in [0.3, 0.4) is 0 Å². The van der Waals surface area contributed by atoms with Gasteiger partial charge in [0.25, 0.3) is 6.29 Å². The second kappa shape index (κ2) is 59.8. The van der Waals surface area contributed by atoms with Crippen LogP contribution < -0.4 is 0 Å². The lowest BCUT2D eigenvalue weighted by atomic mass is 10.0. The molecule has 0 aromatic carbocycles. The van der Waals surface area contributed by atoms with Crippen molar-refractivity contribution in [1.29, 1.82) is 0 Å². The van der Waals surface area contributed by atoms with Gasteiger partial charge in [0, 0.05) is 12.8 Å². The highest BCUT2D eigenvalue weighted by Crippen LogP contribution is 2.17. The summed E-state index contributed by atoms with van der Waals surface area (Å²) in [6, 6.07) is 0. The summed E-state index contributed by atoms with van der Waals surface area (Å²) in [4.78, 5) is 37.4. The molecule has 0 bridgehead atoms. The van der Waals surface area contributed by atoms with Gasteiger partial charge in [-0.15, -0.1) is 0 Å². The SMILES string of the molecule is CC/C=C\C/C=C\C/C=C\C/C=C\C/C=C\C/C=C\CCC(=O)OC(COC(=O)CCCCCCCCCCCCCCCCCCCCCCCC/C=C\C/C=C\C/C=C\C/C=C\CC)COC(OCC[N+](C)(C)C)C(=O)O. The summed E-state index contributed by atoms with van der Waals surface area (Å²) in [5.74, 6) is -2.12. The maximum absolute atomic E-state index is 12.8. The van der Waals surface area contributed by atoms with Gasteiger partial charge in [0.1, 0.15) is 13.2 Å². The first-order valence-electron chi connectivity index (χ1n) is 31.7. The normalized spacial score (nSPS) is 13.6. The van der Waals surface area contributed by atoms with Crippen molar-refractivity contribution in [1.82, 2.24) is 0 Å². The van der Waals surface area contributed by atoms with Crippen LogP contribution in [0.15, 0.2) is 122 Å². The maximum atomic E-state index is 12.8. The average Bonchev–Trinajstić information content (AvgIpc) is 3.42. The smallest absolute Gasteiger partial charge is 0.361 e. The first-order valence-corrected chi connectivity index (χ1v) is 31.7. The van der Waals surface area contributed by atoms with Gasteiger partial charge in [0.15, 0.2) is 6.10 Å². The lowest BCUT2D eigenvalue weighted by molar-refractivity contribution is -0.870. The number of aliphatic carboxylic acids is 1. The molecule has 79 heavy (non-hydrogen) atoms. The van der Waals surface area contributed by atoms with Crippen LogP contribution in [-0.4, -0.2) is 87.4 Å². The number of esters is 2. The molecule has 0 spiro atoms. The number of carbonyl (C=O) groups excluding carboxylic acids is 2.